The third kappa shape index (κ3) is 6.82. The van der Waals surface area contributed by atoms with Gasteiger partial charge in [-0.25, -0.2) is 0 Å². The normalized spacial score (nSPS) is 12.2. The maximum absolute atomic E-state index is 12.7. The van der Waals surface area contributed by atoms with Crippen LogP contribution in [0, 0.1) is 0 Å². The first-order valence-corrected chi connectivity index (χ1v) is 13.7. The Balaban J connectivity index is 1.15. The van der Waals surface area contributed by atoms with Gasteiger partial charge >= 0.3 is 6.18 Å². The second-order valence-electron chi connectivity index (χ2n) is 9.86. The lowest BCUT2D eigenvalue weighted by Gasteiger charge is -2.05. The highest BCUT2D eigenvalue weighted by Gasteiger charge is 2.29. The van der Waals surface area contributed by atoms with Gasteiger partial charge in [-0.2, -0.15) is 28.5 Å². The van der Waals surface area contributed by atoms with Crippen LogP contribution in [0.25, 0.3) is 21.9 Å². The molecule has 0 N–H and O–H groups in total. The van der Waals surface area contributed by atoms with Gasteiger partial charge in [0.2, 0.25) is 0 Å². The van der Waals surface area contributed by atoms with E-state index in [0.29, 0.717) is 22.7 Å². The van der Waals surface area contributed by atoms with Gasteiger partial charge in [0.05, 0.1) is 34.0 Å². The molecule has 44 heavy (non-hydrogen) atoms. The minimum Gasteiger partial charge on any atom is -0.256 e. The molecule has 0 atom stereocenters. The zero-order chi connectivity index (χ0) is 30.4. The molecule has 0 radical (unpaired) electrons. The lowest BCUT2D eigenvalue weighted by atomic mass is 10.0. The Labute approximate surface area is 251 Å². The standard InChI is InChI=1S/C36H24F3N5/c37-36(38,39)28-14-16-29(17-15-28)41-42-30-18-20-31(21-19-30)43-44-35-23-22-34(32-8-4-5-9-33(32)35)40-24-25-10-12-27(13-11-25)26-6-2-1-3-7-26/h1-24H/b40-24+,42-41+,44-43+. The van der Waals surface area contributed by atoms with Crippen LogP contribution in [0.4, 0.5) is 41.6 Å². The number of hydrogen-bond acceptors (Lipinski definition) is 5. The van der Waals surface area contributed by atoms with E-state index in [1.165, 1.54) is 17.7 Å². The average Bonchev–Trinajstić information content (AvgIpc) is 3.06. The number of nitrogens with zero attached hydrogens (tertiary/aromatic N) is 5. The largest absolute Gasteiger partial charge is 0.416 e. The van der Waals surface area contributed by atoms with Gasteiger partial charge in [0, 0.05) is 17.0 Å². The molecule has 0 saturated carbocycles. The highest BCUT2D eigenvalue weighted by atomic mass is 19.4. The summed E-state index contributed by atoms with van der Waals surface area (Å²) in [7, 11) is 0. The number of aliphatic imine (C=N–C) groups is 1. The van der Waals surface area contributed by atoms with Crippen molar-refractivity contribution >= 4 is 45.4 Å². The highest BCUT2D eigenvalue weighted by Crippen LogP contribution is 2.35. The predicted octanol–water partition coefficient (Wildman–Crippen LogP) is 12.1. The lowest BCUT2D eigenvalue weighted by molar-refractivity contribution is -0.137. The highest BCUT2D eigenvalue weighted by molar-refractivity contribution is 6.01. The Bertz CT molecular complexity index is 1960. The van der Waals surface area contributed by atoms with Crippen molar-refractivity contribution in [2.45, 2.75) is 6.18 Å². The maximum Gasteiger partial charge on any atom is 0.416 e. The number of rotatable bonds is 7. The Hall–Kier alpha value is -5.76. The molecular weight excluding hydrogens is 559 g/mol. The second kappa shape index (κ2) is 12.6. The summed E-state index contributed by atoms with van der Waals surface area (Å²) in [4.78, 5) is 4.76. The molecule has 214 valence electrons. The summed E-state index contributed by atoms with van der Waals surface area (Å²) in [5, 5.41) is 18.8. The first kappa shape index (κ1) is 28.4. The molecular formula is C36H24F3N5. The summed E-state index contributed by atoms with van der Waals surface area (Å²) in [6, 6.07) is 41.7. The Morgan fingerprint density at radius 3 is 1.50 bits per heavy atom. The summed E-state index contributed by atoms with van der Waals surface area (Å²) >= 11 is 0. The van der Waals surface area contributed by atoms with Gasteiger partial charge in [-0.05, 0) is 77.4 Å². The van der Waals surface area contributed by atoms with E-state index in [1.54, 1.807) is 24.3 Å². The fourth-order valence-electron chi connectivity index (χ4n) is 4.53. The van der Waals surface area contributed by atoms with E-state index in [1.807, 2.05) is 60.8 Å². The molecule has 6 rings (SSSR count). The first-order valence-electron chi connectivity index (χ1n) is 13.7. The molecule has 0 aliphatic heterocycles. The molecule has 0 heterocycles. The monoisotopic (exact) mass is 583 g/mol. The molecule has 0 aromatic heterocycles. The average molecular weight is 584 g/mol. The topological polar surface area (TPSA) is 61.8 Å². The van der Waals surface area contributed by atoms with Crippen LogP contribution in [0.1, 0.15) is 11.1 Å². The maximum atomic E-state index is 12.7. The van der Waals surface area contributed by atoms with Crippen molar-refractivity contribution in [3.63, 3.8) is 0 Å². The fourth-order valence-corrected chi connectivity index (χ4v) is 4.53. The summed E-state index contributed by atoms with van der Waals surface area (Å²) < 4.78 is 38.2. The number of hydrogen-bond donors (Lipinski definition) is 0. The number of alkyl halides is 3. The number of azo groups is 2. The molecule has 0 unspecified atom stereocenters. The van der Waals surface area contributed by atoms with Gasteiger partial charge in [-0.3, -0.25) is 4.99 Å². The molecule has 0 aliphatic rings. The van der Waals surface area contributed by atoms with Crippen molar-refractivity contribution in [2.75, 3.05) is 0 Å². The zero-order valence-electron chi connectivity index (χ0n) is 23.2. The third-order valence-corrected chi connectivity index (χ3v) is 6.85. The van der Waals surface area contributed by atoms with Crippen LogP contribution >= 0.6 is 0 Å². The molecule has 6 aromatic carbocycles. The van der Waals surface area contributed by atoms with Crippen LogP contribution in [0.3, 0.4) is 0 Å². The van der Waals surface area contributed by atoms with E-state index in [0.717, 1.165) is 39.7 Å². The van der Waals surface area contributed by atoms with Gasteiger partial charge in [0.25, 0.3) is 0 Å². The van der Waals surface area contributed by atoms with Crippen molar-refractivity contribution in [3.05, 3.63) is 151 Å². The molecule has 5 nitrogen and oxygen atoms in total. The second-order valence-corrected chi connectivity index (χ2v) is 9.86. The SMILES string of the molecule is FC(F)(F)c1ccc(/N=N/c2ccc(/N=N/c3ccc(/N=C/c4ccc(-c5ccccc5)cc4)c4ccccc34)cc2)cc1. The number of benzene rings is 6. The predicted molar refractivity (Wildman–Crippen MR) is 169 cm³/mol. The Kier molecular flexibility index (Phi) is 8.14. The van der Waals surface area contributed by atoms with Gasteiger partial charge < -0.3 is 0 Å². The van der Waals surface area contributed by atoms with E-state index in [4.69, 9.17) is 4.99 Å². The molecule has 0 saturated heterocycles. The number of halogens is 3. The number of fused-ring (bicyclic) bond motifs is 1. The molecule has 8 heteroatoms. The van der Waals surface area contributed by atoms with Crippen LogP contribution in [0.15, 0.2) is 165 Å². The summed E-state index contributed by atoms with van der Waals surface area (Å²) in [6.45, 7) is 0. The van der Waals surface area contributed by atoms with Crippen LogP contribution in [0.5, 0.6) is 0 Å². The minimum atomic E-state index is -4.39. The van der Waals surface area contributed by atoms with Gasteiger partial charge in [-0.15, -0.1) is 5.11 Å². The Morgan fingerprint density at radius 2 is 0.909 bits per heavy atom. The van der Waals surface area contributed by atoms with E-state index in [2.05, 4.69) is 56.9 Å². The zero-order valence-corrected chi connectivity index (χ0v) is 23.2. The molecule has 0 amide bonds. The fraction of sp³-hybridized carbons (Fsp3) is 0.0278. The van der Waals surface area contributed by atoms with Crippen molar-refractivity contribution < 1.29 is 13.2 Å². The van der Waals surface area contributed by atoms with Crippen molar-refractivity contribution in [3.8, 4) is 11.1 Å². The van der Waals surface area contributed by atoms with Gasteiger partial charge in [0.15, 0.2) is 0 Å². The molecule has 0 fully saturated rings. The lowest BCUT2D eigenvalue weighted by Crippen LogP contribution is -2.03. The first-order chi connectivity index (χ1) is 21.4. The smallest absolute Gasteiger partial charge is 0.256 e. The van der Waals surface area contributed by atoms with Crippen molar-refractivity contribution in [2.24, 2.45) is 25.4 Å². The molecule has 0 aliphatic carbocycles. The quantitative estimate of drug-likeness (QED) is 0.133. The minimum absolute atomic E-state index is 0.322. The van der Waals surface area contributed by atoms with E-state index in [-0.39, 0.29) is 0 Å². The summed E-state index contributed by atoms with van der Waals surface area (Å²) in [5.41, 5.74) is 5.60. The summed E-state index contributed by atoms with van der Waals surface area (Å²) in [5.74, 6) is 0. The Morgan fingerprint density at radius 1 is 0.432 bits per heavy atom. The third-order valence-electron chi connectivity index (χ3n) is 6.85. The van der Waals surface area contributed by atoms with E-state index >= 15 is 0 Å². The van der Waals surface area contributed by atoms with Crippen LogP contribution < -0.4 is 0 Å². The van der Waals surface area contributed by atoms with Crippen LogP contribution in [0.2, 0.25) is 0 Å². The van der Waals surface area contributed by atoms with Gasteiger partial charge in [0.1, 0.15) is 0 Å². The van der Waals surface area contributed by atoms with Crippen molar-refractivity contribution in [1.82, 2.24) is 0 Å². The van der Waals surface area contributed by atoms with Gasteiger partial charge in [-0.1, -0.05) is 78.9 Å². The summed E-state index contributed by atoms with van der Waals surface area (Å²) in [6.07, 6.45) is -2.53. The van der Waals surface area contributed by atoms with Crippen molar-refractivity contribution in [1.29, 1.82) is 0 Å². The van der Waals surface area contributed by atoms with Crippen LogP contribution in [-0.4, -0.2) is 6.21 Å². The molecule has 0 spiro atoms. The van der Waals surface area contributed by atoms with E-state index < -0.39 is 11.7 Å². The molecule has 6 aromatic rings. The molecule has 0 bridgehead atoms. The van der Waals surface area contributed by atoms with Crippen LogP contribution in [-0.2, 0) is 6.18 Å². The van der Waals surface area contributed by atoms with E-state index in [9.17, 15) is 13.2 Å².